The molecular weight excluding hydrogens is 619 g/mol. The van der Waals surface area contributed by atoms with Gasteiger partial charge in [0, 0.05) is 38.3 Å². The Balaban J connectivity index is 1.23. The Labute approximate surface area is 297 Å². The molecule has 0 aliphatic heterocycles. The first-order valence-corrected chi connectivity index (χ1v) is 17.7. The second-order valence-electron chi connectivity index (χ2n) is 14.1. The van der Waals surface area contributed by atoms with Crippen molar-refractivity contribution in [2.24, 2.45) is 0 Å². The third-order valence-electron chi connectivity index (χ3n) is 10.9. The average Bonchev–Trinajstić information content (AvgIpc) is 3.67. The highest BCUT2D eigenvalue weighted by molar-refractivity contribution is 6.20. The number of anilines is 3. The van der Waals surface area contributed by atoms with Gasteiger partial charge in [-0.1, -0.05) is 147 Å². The highest BCUT2D eigenvalue weighted by atomic mass is 16.3. The third kappa shape index (κ3) is 4.64. The fourth-order valence-electron chi connectivity index (χ4n) is 8.27. The van der Waals surface area contributed by atoms with Gasteiger partial charge in [0.1, 0.15) is 11.2 Å². The molecule has 0 fully saturated rings. The van der Waals surface area contributed by atoms with Gasteiger partial charge in [-0.3, -0.25) is 0 Å². The normalized spacial score (nSPS) is 13.1. The number of hydrogen-bond donors (Lipinski definition) is 0. The van der Waals surface area contributed by atoms with Crippen molar-refractivity contribution in [2.75, 3.05) is 4.90 Å². The molecular formula is C49H35NO. The Hall–Kier alpha value is -6.38. The van der Waals surface area contributed by atoms with Crippen molar-refractivity contribution in [3.8, 4) is 33.4 Å². The van der Waals surface area contributed by atoms with Crippen LogP contribution < -0.4 is 4.90 Å². The summed E-state index contributed by atoms with van der Waals surface area (Å²) in [4.78, 5) is 2.44. The van der Waals surface area contributed by atoms with E-state index in [1.165, 1.54) is 44.5 Å². The predicted molar refractivity (Wildman–Crippen MR) is 214 cm³/mol. The molecule has 8 aromatic carbocycles. The summed E-state index contributed by atoms with van der Waals surface area (Å²) >= 11 is 0. The second kappa shape index (κ2) is 11.3. The van der Waals surface area contributed by atoms with Gasteiger partial charge in [-0.2, -0.15) is 0 Å². The summed E-state index contributed by atoms with van der Waals surface area (Å²) in [5, 5.41) is 4.46. The molecule has 0 N–H and O–H groups in total. The van der Waals surface area contributed by atoms with E-state index >= 15 is 0 Å². The van der Waals surface area contributed by atoms with E-state index in [4.69, 9.17) is 4.42 Å². The molecule has 10 rings (SSSR count). The van der Waals surface area contributed by atoms with Crippen LogP contribution in [0.1, 0.15) is 25.0 Å². The minimum Gasteiger partial charge on any atom is -0.455 e. The third-order valence-corrected chi connectivity index (χ3v) is 10.9. The van der Waals surface area contributed by atoms with Crippen molar-refractivity contribution < 1.29 is 4.42 Å². The van der Waals surface area contributed by atoms with Gasteiger partial charge in [-0.25, -0.2) is 0 Å². The summed E-state index contributed by atoms with van der Waals surface area (Å²) in [5.74, 6) is 0. The summed E-state index contributed by atoms with van der Waals surface area (Å²) in [5.41, 5.74) is 15.2. The maximum atomic E-state index is 6.67. The van der Waals surface area contributed by atoms with Crippen LogP contribution in [-0.2, 0) is 5.41 Å². The molecule has 0 radical (unpaired) electrons. The molecule has 1 aromatic heterocycles. The number of furan rings is 1. The first-order valence-electron chi connectivity index (χ1n) is 17.7. The molecule has 1 aliphatic rings. The Morgan fingerprint density at radius 2 is 1.00 bits per heavy atom. The summed E-state index contributed by atoms with van der Waals surface area (Å²) < 4.78 is 6.67. The molecule has 0 atom stereocenters. The minimum absolute atomic E-state index is 0.120. The van der Waals surface area contributed by atoms with Crippen molar-refractivity contribution in [3.05, 3.63) is 187 Å². The Kier molecular flexibility index (Phi) is 6.56. The van der Waals surface area contributed by atoms with E-state index < -0.39 is 0 Å². The fraction of sp³-hybridized carbons (Fsp3) is 0.0612. The van der Waals surface area contributed by atoms with Gasteiger partial charge in [0.2, 0.25) is 0 Å². The van der Waals surface area contributed by atoms with E-state index in [1.54, 1.807) is 0 Å². The van der Waals surface area contributed by atoms with E-state index in [0.717, 1.165) is 49.8 Å². The quantitative estimate of drug-likeness (QED) is 0.184. The summed E-state index contributed by atoms with van der Waals surface area (Å²) in [7, 11) is 0. The number of hydrogen-bond acceptors (Lipinski definition) is 2. The van der Waals surface area contributed by atoms with Crippen molar-refractivity contribution in [3.63, 3.8) is 0 Å². The van der Waals surface area contributed by atoms with Crippen LogP contribution in [0.3, 0.4) is 0 Å². The van der Waals surface area contributed by atoms with Crippen LogP contribution in [0.5, 0.6) is 0 Å². The molecule has 0 unspecified atom stereocenters. The summed E-state index contributed by atoms with van der Waals surface area (Å²) in [6.45, 7) is 4.70. The zero-order chi connectivity index (χ0) is 34.1. The van der Waals surface area contributed by atoms with E-state index in [9.17, 15) is 0 Å². The maximum Gasteiger partial charge on any atom is 0.143 e. The molecule has 2 heteroatoms. The predicted octanol–water partition coefficient (Wildman–Crippen LogP) is 13.8. The molecule has 1 aliphatic carbocycles. The molecule has 51 heavy (non-hydrogen) atoms. The minimum atomic E-state index is -0.120. The highest BCUT2D eigenvalue weighted by Crippen LogP contribution is 2.52. The smallest absolute Gasteiger partial charge is 0.143 e. The standard InChI is InChI=1S/C49H35NO/c1-49(2)44-20-12-11-17-38(44)39-27-26-37(30-45(39)49)50(36-24-21-34(22-25-36)32-13-5-3-6-14-32)46-31-43-42-29-35(33-15-7-4-8-16-33)23-28-47(42)51-48(43)41-19-10-9-18-40(41)46/h3-31H,1-2H3. The lowest BCUT2D eigenvalue weighted by molar-refractivity contribution is 0.660. The largest absolute Gasteiger partial charge is 0.455 e. The van der Waals surface area contributed by atoms with E-state index in [2.05, 4.69) is 195 Å². The van der Waals surface area contributed by atoms with Crippen molar-refractivity contribution >= 4 is 49.8 Å². The first-order chi connectivity index (χ1) is 25.0. The Morgan fingerprint density at radius 3 is 1.76 bits per heavy atom. The molecule has 0 saturated heterocycles. The first kappa shape index (κ1) is 29.5. The number of fused-ring (bicyclic) bond motifs is 8. The zero-order valence-electron chi connectivity index (χ0n) is 28.6. The van der Waals surface area contributed by atoms with E-state index in [0.29, 0.717) is 0 Å². The van der Waals surface area contributed by atoms with Gasteiger partial charge in [0.15, 0.2) is 0 Å². The number of benzene rings is 8. The van der Waals surface area contributed by atoms with Crippen molar-refractivity contribution in [2.45, 2.75) is 19.3 Å². The van der Waals surface area contributed by atoms with Crippen LogP contribution in [0.25, 0.3) is 66.1 Å². The second-order valence-corrected chi connectivity index (χ2v) is 14.1. The van der Waals surface area contributed by atoms with Crippen LogP contribution in [0, 0.1) is 0 Å². The number of rotatable bonds is 5. The van der Waals surface area contributed by atoms with Gasteiger partial charge in [0.05, 0.1) is 5.69 Å². The van der Waals surface area contributed by atoms with Gasteiger partial charge in [-0.15, -0.1) is 0 Å². The lowest BCUT2D eigenvalue weighted by atomic mass is 9.82. The average molecular weight is 654 g/mol. The molecule has 242 valence electrons. The molecule has 0 amide bonds. The van der Waals surface area contributed by atoms with Crippen LogP contribution in [-0.4, -0.2) is 0 Å². The zero-order valence-corrected chi connectivity index (χ0v) is 28.6. The fourth-order valence-corrected chi connectivity index (χ4v) is 8.27. The monoisotopic (exact) mass is 653 g/mol. The van der Waals surface area contributed by atoms with Crippen LogP contribution in [0.4, 0.5) is 17.1 Å². The Bertz CT molecular complexity index is 2760. The Morgan fingerprint density at radius 1 is 0.412 bits per heavy atom. The topological polar surface area (TPSA) is 16.4 Å². The highest BCUT2D eigenvalue weighted by Gasteiger charge is 2.36. The van der Waals surface area contributed by atoms with Gasteiger partial charge in [-0.05, 0) is 87.0 Å². The molecule has 9 aromatic rings. The molecule has 2 nitrogen and oxygen atoms in total. The molecule has 1 heterocycles. The molecule has 0 saturated carbocycles. The summed E-state index contributed by atoms with van der Waals surface area (Å²) in [6, 6.07) is 63.6. The maximum absolute atomic E-state index is 6.67. The van der Waals surface area contributed by atoms with Crippen LogP contribution in [0.2, 0.25) is 0 Å². The van der Waals surface area contributed by atoms with Crippen molar-refractivity contribution in [1.82, 2.24) is 0 Å². The lowest BCUT2D eigenvalue weighted by Gasteiger charge is -2.29. The summed E-state index contributed by atoms with van der Waals surface area (Å²) in [6.07, 6.45) is 0. The van der Waals surface area contributed by atoms with Crippen LogP contribution in [0.15, 0.2) is 180 Å². The van der Waals surface area contributed by atoms with Crippen LogP contribution >= 0.6 is 0 Å². The van der Waals surface area contributed by atoms with Gasteiger partial charge < -0.3 is 9.32 Å². The van der Waals surface area contributed by atoms with E-state index in [1.807, 2.05) is 0 Å². The van der Waals surface area contributed by atoms with E-state index in [-0.39, 0.29) is 5.41 Å². The van der Waals surface area contributed by atoms with Crippen molar-refractivity contribution in [1.29, 1.82) is 0 Å². The molecule has 0 bridgehead atoms. The SMILES string of the molecule is CC1(C)c2ccccc2-c2ccc(N(c3ccc(-c4ccccc4)cc3)c3cc4c5cc(-c6ccccc6)ccc5oc4c4ccccc34)cc21. The number of nitrogens with zero attached hydrogens (tertiary/aromatic N) is 1. The van der Waals surface area contributed by atoms with Gasteiger partial charge >= 0.3 is 0 Å². The molecule has 0 spiro atoms. The van der Waals surface area contributed by atoms with Gasteiger partial charge in [0.25, 0.3) is 0 Å². The lowest BCUT2D eigenvalue weighted by Crippen LogP contribution is -2.16.